The van der Waals surface area contributed by atoms with Crippen molar-refractivity contribution in [2.45, 2.75) is 52.0 Å². The summed E-state index contributed by atoms with van der Waals surface area (Å²) in [5.74, 6) is 1.53. The molecule has 3 unspecified atom stereocenters. The second kappa shape index (κ2) is 6.49. The van der Waals surface area contributed by atoms with E-state index in [1.807, 2.05) is 25.1 Å². The van der Waals surface area contributed by atoms with Gasteiger partial charge < -0.3 is 4.57 Å². The molecule has 0 radical (unpaired) electrons. The molecule has 1 aromatic heterocycles. The van der Waals surface area contributed by atoms with Crippen molar-refractivity contribution >= 4 is 22.6 Å². The normalized spacial score (nSPS) is 15.6. The van der Waals surface area contributed by atoms with E-state index in [1.54, 1.807) is 0 Å². The summed E-state index contributed by atoms with van der Waals surface area (Å²) in [5.41, 5.74) is 2.58. The lowest BCUT2D eigenvalue weighted by molar-refractivity contribution is 0.397. The first-order chi connectivity index (χ1) is 9.97. The smallest absolute Gasteiger partial charge is 0.127 e. The Morgan fingerprint density at radius 3 is 2.62 bits per heavy atom. The molecule has 1 aromatic carbocycles. The third-order valence-electron chi connectivity index (χ3n) is 4.08. The maximum atomic E-state index is 9.12. The standard InChI is InChI=1S/C17H22ClN3/c1-5-11(2)8-12(3)21-16-9-14(10-19)6-7-15(16)20-17(21)13(4)18/h6-7,9,11-13H,5,8H2,1-4H3. The van der Waals surface area contributed by atoms with E-state index in [9.17, 15) is 0 Å². The third kappa shape index (κ3) is 3.22. The number of aromatic nitrogens is 2. The lowest BCUT2D eigenvalue weighted by Crippen LogP contribution is -2.13. The second-order valence-electron chi connectivity index (χ2n) is 5.87. The van der Waals surface area contributed by atoms with Crippen molar-refractivity contribution in [3.63, 3.8) is 0 Å². The van der Waals surface area contributed by atoms with Crippen molar-refractivity contribution in [3.8, 4) is 6.07 Å². The van der Waals surface area contributed by atoms with Crippen LogP contribution in [0.2, 0.25) is 0 Å². The minimum Gasteiger partial charge on any atom is -0.324 e. The molecule has 0 saturated carbocycles. The van der Waals surface area contributed by atoms with Crippen LogP contribution in [-0.2, 0) is 0 Å². The van der Waals surface area contributed by atoms with Crippen LogP contribution in [0.5, 0.6) is 0 Å². The SMILES string of the molecule is CCC(C)CC(C)n1c(C(C)Cl)nc2ccc(C#N)cc21. The van der Waals surface area contributed by atoms with Crippen molar-refractivity contribution in [1.82, 2.24) is 9.55 Å². The molecule has 0 amide bonds. The van der Waals surface area contributed by atoms with E-state index in [1.165, 1.54) is 0 Å². The molecule has 112 valence electrons. The van der Waals surface area contributed by atoms with Crippen LogP contribution in [0.3, 0.4) is 0 Å². The molecule has 0 bridgehead atoms. The van der Waals surface area contributed by atoms with Gasteiger partial charge >= 0.3 is 0 Å². The average Bonchev–Trinajstić information content (AvgIpc) is 2.85. The molecular formula is C17H22ClN3. The zero-order chi connectivity index (χ0) is 15.6. The fourth-order valence-electron chi connectivity index (χ4n) is 2.78. The topological polar surface area (TPSA) is 41.6 Å². The van der Waals surface area contributed by atoms with Crippen LogP contribution in [0.4, 0.5) is 0 Å². The van der Waals surface area contributed by atoms with Crippen LogP contribution in [0.25, 0.3) is 11.0 Å². The maximum absolute atomic E-state index is 9.12. The Labute approximate surface area is 131 Å². The van der Waals surface area contributed by atoms with Gasteiger partial charge in [0.2, 0.25) is 0 Å². The van der Waals surface area contributed by atoms with Crippen molar-refractivity contribution in [1.29, 1.82) is 5.26 Å². The van der Waals surface area contributed by atoms with Crippen LogP contribution in [0.15, 0.2) is 18.2 Å². The van der Waals surface area contributed by atoms with Crippen LogP contribution < -0.4 is 0 Å². The van der Waals surface area contributed by atoms with E-state index in [0.29, 0.717) is 17.5 Å². The Kier molecular flexibility index (Phi) is 4.90. The summed E-state index contributed by atoms with van der Waals surface area (Å²) in [7, 11) is 0. The van der Waals surface area contributed by atoms with Gasteiger partial charge in [0.05, 0.1) is 28.0 Å². The highest BCUT2D eigenvalue weighted by Gasteiger charge is 2.20. The molecular weight excluding hydrogens is 282 g/mol. The first-order valence-corrected chi connectivity index (χ1v) is 7.97. The number of hydrogen-bond donors (Lipinski definition) is 0. The number of rotatable bonds is 5. The Hall–Kier alpha value is -1.53. The van der Waals surface area contributed by atoms with Gasteiger partial charge in [0.25, 0.3) is 0 Å². The van der Waals surface area contributed by atoms with E-state index in [-0.39, 0.29) is 5.38 Å². The molecule has 21 heavy (non-hydrogen) atoms. The number of nitriles is 1. The number of halogens is 1. The van der Waals surface area contributed by atoms with Crippen LogP contribution in [0, 0.1) is 17.2 Å². The van der Waals surface area contributed by atoms with Gasteiger partial charge in [0, 0.05) is 6.04 Å². The molecule has 0 aliphatic heterocycles. The lowest BCUT2D eigenvalue weighted by Gasteiger charge is -2.21. The highest BCUT2D eigenvalue weighted by molar-refractivity contribution is 6.20. The zero-order valence-corrected chi connectivity index (χ0v) is 13.9. The Balaban J connectivity index is 2.57. The van der Waals surface area contributed by atoms with Gasteiger partial charge in [-0.05, 0) is 44.4 Å². The molecule has 1 heterocycles. The fourth-order valence-corrected chi connectivity index (χ4v) is 2.93. The van der Waals surface area contributed by atoms with Gasteiger partial charge in [0.15, 0.2) is 0 Å². The minimum absolute atomic E-state index is 0.151. The molecule has 0 N–H and O–H groups in total. The summed E-state index contributed by atoms with van der Waals surface area (Å²) in [5, 5.41) is 8.97. The number of imidazole rings is 1. The van der Waals surface area contributed by atoms with Gasteiger partial charge in [-0.25, -0.2) is 4.98 Å². The Morgan fingerprint density at radius 1 is 1.33 bits per heavy atom. The summed E-state index contributed by atoms with van der Waals surface area (Å²) in [6.45, 7) is 8.62. The predicted molar refractivity (Wildman–Crippen MR) is 87.5 cm³/mol. The Morgan fingerprint density at radius 2 is 2.05 bits per heavy atom. The number of benzene rings is 1. The molecule has 0 spiro atoms. The van der Waals surface area contributed by atoms with Gasteiger partial charge in [-0.2, -0.15) is 5.26 Å². The quantitative estimate of drug-likeness (QED) is 0.712. The second-order valence-corrected chi connectivity index (χ2v) is 6.52. The van der Waals surface area contributed by atoms with Crippen molar-refractivity contribution in [2.24, 2.45) is 5.92 Å². The van der Waals surface area contributed by atoms with Crippen LogP contribution in [0.1, 0.15) is 63.3 Å². The van der Waals surface area contributed by atoms with Crippen LogP contribution in [-0.4, -0.2) is 9.55 Å². The Bertz CT molecular complexity index is 666. The summed E-state index contributed by atoms with van der Waals surface area (Å²) >= 11 is 6.32. The molecule has 3 atom stereocenters. The average molecular weight is 304 g/mol. The minimum atomic E-state index is -0.151. The number of nitrogens with zero attached hydrogens (tertiary/aromatic N) is 3. The van der Waals surface area contributed by atoms with Crippen molar-refractivity contribution in [3.05, 3.63) is 29.6 Å². The van der Waals surface area contributed by atoms with Gasteiger partial charge in [0.1, 0.15) is 5.82 Å². The van der Waals surface area contributed by atoms with Gasteiger partial charge in [-0.1, -0.05) is 20.3 Å². The molecule has 0 fully saturated rings. The zero-order valence-electron chi connectivity index (χ0n) is 13.1. The lowest BCUT2D eigenvalue weighted by atomic mass is 10.00. The molecule has 0 aliphatic carbocycles. The largest absolute Gasteiger partial charge is 0.324 e. The summed E-state index contributed by atoms with van der Waals surface area (Å²) in [6, 6.07) is 8.14. The molecule has 0 aliphatic rings. The number of fused-ring (bicyclic) bond motifs is 1. The number of alkyl halides is 1. The third-order valence-corrected chi connectivity index (χ3v) is 4.28. The van der Waals surface area contributed by atoms with Gasteiger partial charge in [-0.15, -0.1) is 11.6 Å². The highest BCUT2D eigenvalue weighted by Crippen LogP contribution is 2.31. The van der Waals surface area contributed by atoms with E-state index >= 15 is 0 Å². The van der Waals surface area contributed by atoms with Crippen LogP contribution >= 0.6 is 11.6 Å². The summed E-state index contributed by atoms with van der Waals surface area (Å²) < 4.78 is 2.21. The maximum Gasteiger partial charge on any atom is 0.127 e. The molecule has 0 saturated heterocycles. The molecule has 3 nitrogen and oxygen atoms in total. The first-order valence-electron chi connectivity index (χ1n) is 7.54. The highest BCUT2D eigenvalue weighted by atomic mass is 35.5. The summed E-state index contributed by atoms with van der Waals surface area (Å²) in [4.78, 5) is 4.66. The predicted octanol–water partition coefficient (Wildman–Crippen LogP) is 5.20. The van der Waals surface area contributed by atoms with Crippen molar-refractivity contribution in [2.75, 3.05) is 0 Å². The molecule has 2 rings (SSSR count). The van der Waals surface area contributed by atoms with E-state index < -0.39 is 0 Å². The van der Waals surface area contributed by atoms with E-state index in [2.05, 4.69) is 36.4 Å². The van der Waals surface area contributed by atoms with E-state index in [0.717, 1.165) is 29.7 Å². The summed E-state index contributed by atoms with van der Waals surface area (Å²) in [6.07, 6.45) is 2.24. The van der Waals surface area contributed by atoms with E-state index in [4.69, 9.17) is 16.9 Å². The van der Waals surface area contributed by atoms with Gasteiger partial charge in [-0.3, -0.25) is 0 Å². The number of hydrogen-bond acceptors (Lipinski definition) is 2. The monoisotopic (exact) mass is 303 g/mol. The molecule has 2 aromatic rings. The fraction of sp³-hybridized carbons (Fsp3) is 0.529. The first kappa shape index (κ1) is 15.9. The molecule has 4 heteroatoms. The van der Waals surface area contributed by atoms with Crippen molar-refractivity contribution < 1.29 is 0 Å².